The quantitative estimate of drug-likeness (QED) is 0.826. The van der Waals surface area contributed by atoms with E-state index >= 15 is 0 Å². The van der Waals surface area contributed by atoms with Crippen molar-refractivity contribution >= 4 is 27.4 Å². The molecule has 1 aromatic carbocycles. The minimum absolute atomic E-state index is 0.000905. The molecule has 1 saturated carbocycles. The second-order valence-electron chi connectivity index (χ2n) is 7.39. The number of nitrogens with zero attached hydrogens (tertiary/aromatic N) is 3. The molecule has 2 heterocycles. The third-order valence-electron chi connectivity index (χ3n) is 5.33. The number of amides is 1. The molecule has 0 atom stereocenters. The number of halogens is 1. The highest BCUT2D eigenvalue weighted by atomic mass is 32.2. The van der Waals surface area contributed by atoms with Crippen LogP contribution in [0.3, 0.4) is 0 Å². The molecule has 1 fully saturated rings. The number of hydrogen-bond acceptors (Lipinski definition) is 5. The lowest BCUT2D eigenvalue weighted by Crippen LogP contribution is -2.50. The van der Waals surface area contributed by atoms with Crippen molar-refractivity contribution in [2.75, 3.05) is 18.1 Å². The van der Waals surface area contributed by atoms with Gasteiger partial charge in [0.15, 0.2) is 5.82 Å². The lowest BCUT2D eigenvalue weighted by molar-refractivity contribution is -0.122. The van der Waals surface area contributed by atoms with Crippen LogP contribution in [0.1, 0.15) is 32.1 Å². The van der Waals surface area contributed by atoms with Crippen LogP contribution in [0.25, 0.3) is 0 Å². The summed E-state index contributed by atoms with van der Waals surface area (Å²) in [7, 11) is -3.90. The second-order valence-corrected chi connectivity index (χ2v) is 9.30. The van der Waals surface area contributed by atoms with E-state index < -0.39 is 15.8 Å². The number of benzene rings is 1. The fourth-order valence-corrected chi connectivity index (χ4v) is 5.37. The minimum Gasteiger partial charge on any atom is -0.352 e. The number of anilines is 2. The van der Waals surface area contributed by atoms with Crippen molar-refractivity contribution in [3.05, 3.63) is 48.4 Å². The average molecular weight is 418 g/mol. The summed E-state index contributed by atoms with van der Waals surface area (Å²) >= 11 is 0. The van der Waals surface area contributed by atoms with Crippen LogP contribution in [-0.2, 0) is 14.8 Å². The first-order valence-corrected chi connectivity index (χ1v) is 11.2. The SMILES string of the molecule is O=C(CN1CN(c2cccc(F)c2)c2ncccc2S1(=O)=O)NC1CCCCC1. The molecule has 1 N–H and O–H groups in total. The van der Waals surface area contributed by atoms with Gasteiger partial charge in [0.05, 0.1) is 13.2 Å². The van der Waals surface area contributed by atoms with Crippen LogP contribution in [0, 0.1) is 5.82 Å². The van der Waals surface area contributed by atoms with E-state index in [-0.39, 0.29) is 35.9 Å². The number of sulfonamides is 1. The van der Waals surface area contributed by atoms with Crippen molar-refractivity contribution in [3.8, 4) is 0 Å². The van der Waals surface area contributed by atoms with Crippen molar-refractivity contribution < 1.29 is 17.6 Å². The zero-order chi connectivity index (χ0) is 20.4. The lowest BCUT2D eigenvalue weighted by atomic mass is 9.95. The topological polar surface area (TPSA) is 82.6 Å². The van der Waals surface area contributed by atoms with Crippen LogP contribution in [0.4, 0.5) is 15.9 Å². The zero-order valence-corrected chi connectivity index (χ0v) is 16.7. The van der Waals surface area contributed by atoms with Crippen LogP contribution in [0.5, 0.6) is 0 Å². The molecule has 0 spiro atoms. The summed E-state index contributed by atoms with van der Waals surface area (Å²) in [5, 5.41) is 2.95. The Hall–Kier alpha value is -2.52. The number of carbonyl (C=O) groups excluding carboxylic acids is 1. The zero-order valence-electron chi connectivity index (χ0n) is 15.9. The van der Waals surface area contributed by atoms with Gasteiger partial charge in [-0.2, -0.15) is 4.31 Å². The van der Waals surface area contributed by atoms with Gasteiger partial charge in [0.2, 0.25) is 15.9 Å². The number of pyridine rings is 1. The van der Waals surface area contributed by atoms with E-state index in [4.69, 9.17) is 0 Å². The first-order valence-electron chi connectivity index (χ1n) is 9.73. The van der Waals surface area contributed by atoms with Gasteiger partial charge in [-0.3, -0.25) is 4.79 Å². The van der Waals surface area contributed by atoms with Gasteiger partial charge in [-0.15, -0.1) is 0 Å². The van der Waals surface area contributed by atoms with Gasteiger partial charge in [0, 0.05) is 17.9 Å². The Balaban J connectivity index is 1.62. The summed E-state index contributed by atoms with van der Waals surface area (Å²) < 4.78 is 41.0. The molecule has 0 radical (unpaired) electrons. The molecular formula is C20H23FN4O3S. The van der Waals surface area contributed by atoms with Crippen molar-refractivity contribution in [2.45, 2.75) is 43.0 Å². The standard InChI is InChI=1S/C20H23FN4O3S/c21-15-6-4-9-17(12-15)25-14-24(13-19(26)23-16-7-2-1-3-8-16)29(27,28)18-10-5-11-22-20(18)25/h4-6,9-12,16H,1-3,7-8,13-14H2,(H,23,26). The second kappa shape index (κ2) is 8.08. The number of nitrogens with one attached hydrogen (secondary N) is 1. The minimum atomic E-state index is -3.90. The Morgan fingerprint density at radius 3 is 2.72 bits per heavy atom. The first kappa shape index (κ1) is 19.8. The van der Waals surface area contributed by atoms with Crippen LogP contribution in [0.2, 0.25) is 0 Å². The highest BCUT2D eigenvalue weighted by Gasteiger charge is 2.38. The van der Waals surface area contributed by atoms with Gasteiger partial charge in [-0.25, -0.2) is 17.8 Å². The molecule has 9 heteroatoms. The molecule has 2 aliphatic rings. The Kier molecular flexibility index (Phi) is 5.51. The van der Waals surface area contributed by atoms with Crippen molar-refractivity contribution in [1.82, 2.24) is 14.6 Å². The van der Waals surface area contributed by atoms with Crippen LogP contribution in [0.15, 0.2) is 47.5 Å². The van der Waals surface area contributed by atoms with Crippen LogP contribution >= 0.6 is 0 Å². The first-order chi connectivity index (χ1) is 13.9. The third-order valence-corrected chi connectivity index (χ3v) is 7.13. The monoisotopic (exact) mass is 418 g/mol. The molecule has 7 nitrogen and oxygen atoms in total. The molecule has 2 aromatic rings. The Bertz CT molecular complexity index is 1010. The molecule has 1 aliphatic heterocycles. The van der Waals surface area contributed by atoms with Crippen molar-refractivity contribution in [3.63, 3.8) is 0 Å². The predicted octanol–water partition coefficient (Wildman–Crippen LogP) is 2.77. The highest BCUT2D eigenvalue weighted by molar-refractivity contribution is 7.89. The van der Waals surface area contributed by atoms with Gasteiger partial charge < -0.3 is 10.2 Å². The van der Waals surface area contributed by atoms with Gasteiger partial charge >= 0.3 is 0 Å². The largest absolute Gasteiger partial charge is 0.352 e. The maximum absolute atomic E-state index is 13.8. The molecule has 1 aromatic heterocycles. The fourth-order valence-electron chi connectivity index (χ4n) is 3.89. The van der Waals surface area contributed by atoms with Gasteiger partial charge in [0.25, 0.3) is 0 Å². The van der Waals surface area contributed by atoms with Gasteiger partial charge in [0.1, 0.15) is 10.7 Å². The van der Waals surface area contributed by atoms with E-state index in [0.717, 1.165) is 30.0 Å². The van der Waals surface area contributed by atoms with E-state index in [1.54, 1.807) is 17.0 Å². The molecule has 0 bridgehead atoms. The molecule has 154 valence electrons. The number of aromatic nitrogens is 1. The summed E-state index contributed by atoms with van der Waals surface area (Å²) in [5.74, 6) is -0.538. The Labute approximate surface area is 169 Å². The van der Waals surface area contributed by atoms with E-state index in [9.17, 15) is 17.6 Å². The summed E-state index contributed by atoms with van der Waals surface area (Å²) in [6.45, 7) is -0.410. The van der Waals surface area contributed by atoms with Crippen molar-refractivity contribution in [1.29, 1.82) is 0 Å². The third kappa shape index (κ3) is 4.11. The number of hydrogen-bond donors (Lipinski definition) is 1. The maximum Gasteiger partial charge on any atom is 0.248 e. The highest BCUT2D eigenvalue weighted by Crippen LogP contribution is 2.36. The fraction of sp³-hybridized carbons (Fsp3) is 0.400. The molecule has 0 saturated heterocycles. The summed E-state index contributed by atoms with van der Waals surface area (Å²) in [4.78, 5) is 18.4. The van der Waals surface area contributed by atoms with E-state index in [1.807, 2.05) is 0 Å². The smallest absolute Gasteiger partial charge is 0.248 e. The van der Waals surface area contributed by atoms with Crippen LogP contribution in [-0.4, -0.2) is 42.9 Å². The summed E-state index contributed by atoms with van der Waals surface area (Å²) in [6, 6.07) is 8.95. The maximum atomic E-state index is 13.8. The Morgan fingerprint density at radius 1 is 1.17 bits per heavy atom. The van der Waals surface area contributed by atoms with Gasteiger partial charge in [-0.05, 0) is 43.2 Å². The average Bonchev–Trinajstić information content (AvgIpc) is 2.71. The molecule has 1 aliphatic carbocycles. The normalized spacial score (nSPS) is 19.6. The number of fused-ring (bicyclic) bond motifs is 1. The van der Waals surface area contributed by atoms with Crippen molar-refractivity contribution in [2.24, 2.45) is 0 Å². The summed E-state index contributed by atoms with van der Waals surface area (Å²) in [6.07, 6.45) is 6.63. The van der Waals surface area contributed by atoms with E-state index in [2.05, 4.69) is 10.3 Å². The molecule has 29 heavy (non-hydrogen) atoms. The van der Waals surface area contributed by atoms with E-state index in [0.29, 0.717) is 5.69 Å². The Morgan fingerprint density at radius 2 is 1.97 bits per heavy atom. The van der Waals surface area contributed by atoms with Gasteiger partial charge in [-0.1, -0.05) is 25.3 Å². The number of carbonyl (C=O) groups is 1. The summed E-state index contributed by atoms with van der Waals surface area (Å²) in [5.41, 5.74) is 0.470. The van der Waals surface area contributed by atoms with E-state index in [1.165, 1.54) is 36.9 Å². The lowest BCUT2D eigenvalue weighted by Gasteiger charge is -2.36. The predicted molar refractivity (Wildman–Crippen MR) is 107 cm³/mol. The van der Waals surface area contributed by atoms with Crippen LogP contribution < -0.4 is 10.2 Å². The number of rotatable bonds is 4. The molecule has 0 unspecified atom stereocenters. The molecule has 4 rings (SSSR count). The molecular weight excluding hydrogens is 395 g/mol. The molecule has 1 amide bonds.